The predicted octanol–water partition coefficient (Wildman–Crippen LogP) is 2.42. The number of aliphatic hydroxyl groups is 1. The number of nitro benzene ring substituents is 1. The molecule has 0 saturated heterocycles. The molecule has 3 N–H and O–H groups in total. The van der Waals surface area contributed by atoms with Crippen LogP contribution in [-0.2, 0) is 0 Å². The van der Waals surface area contributed by atoms with Crippen LogP contribution in [0.4, 0.5) is 23.1 Å². The van der Waals surface area contributed by atoms with Crippen molar-refractivity contribution in [2.24, 2.45) is 0 Å². The third-order valence-electron chi connectivity index (χ3n) is 3.80. The van der Waals surface area contributed by atoms with Crippen LogP contribution in [0.15, 0.2) is 24.3 Å². The molecule has 0 spiro atoms. The number of nitrogens with zero attached hydrogens (tertiary/aromatic N) is 3. The van der Waals surface area contributed by atoms with E-state index < -0.39 is 4.92 Å². The third kappa shape index (κ3) is 4.13. The molecule has 9 heteroatoms. The lowest BCUT2D eigenvalue weighted by molar-refractivity contribution is -0.384. The first kappa shape index (κ1) is 16.9. The van der Waals surface area contributed by atoms with Crippen molar-refractivity contribution in [1.82, 2.24) is 9.97 Å². The van der Waals surface area contributed by atoms with Gasteiger partial charge in [0.15, 0.2) is 0 Å². The summed E-state index contributed by atoms with van der Waals surface area (Å²) in [6, 6.07) is 6.38. The van der Waals surface area contributed by atoms with E-state index in [1.807, 2.05) is 0 Å². The highest BCUT2D eigenvalue weighted by molar-refractivity contribution is 5.70. The van der Waals surface area contributed by atoms with Crippen molar-refractivity contribution >= 4 is 23.1 Å². The molecule has 25 heavy (non-hydrogen) atoms. The van der Waals surface area contributed by atoms with E-state index in [-0.39, 0.29) is 12.3 Å². The Bertz CT molecular complexity index is 779. The van der Waals surface area contributed by atoms with Gasteiger partial charge < -0.3 is 20.5 Å². The lowest BCUT2D eigenvalue weighted by Crippen LogP contribution is -2.11. The Morgan fingerprint density at radius 3 is 2.80 bits per heavy atom. The number of nitrogens with one attached hydrogen (secondary N) is 2. The van der Waals surface area contributed by atoms with Gasteiger partial charge in [-0.15, -0.1) is 0 Å². The topological polar surface area (TPSA) is 122 Å². The molecule has 1 aliphatic rings. The SMILES string of the molecule is COc1ccc(Nc2cc(C3CC3)nc(NCCO)n2)c([N+](=O)[O-])c1. The van der Waals surface area contributed by atoms with Crippen LogP contribution in [0, 0.1) is 10.1 Å². The van der Waals surface area contributed by atoms with Gasteiger partial charge in [0.2, 0.25) is 5.95 Å². The van der Waals surface area contributed by atoms with E-state index in [1.165, 1.54) is 13.2 Å². The minimum Gasteiger partial charge on any atom is -0.496 e. The molecule has 0 aliphatic heterocycles. The van der Waals surface area contributed by atoms with Gasteiger partial charge in [-0.3, -0.25) is 10.1 Å². The average molecular weight is 345 g/mol. The Labute approximate surface area is 144 Å². The van der Waals surface area contributed by atoms with Gasteiger partial charge in [-0.05, 0) is 25.0 Å². The first-order valence-electron chi connectivity index (χ1n) is 7.94. The molecule has 1 fully saturated rings. The maximum atomic E-state index is 11.3. The maximum absolute atomic E-state index is 11.3. The van der Waals surface area contributed by atoms with Crippen molar-refractivity contribution in [2.75, 3.05) is 30.9 Å². The van der Waals surface area contributed by atoms with Gasteiger partial charge in [-0.1, -0.05) is 0 Å². The normalized spacial score (nSPS) is 13.4. The zero-order valence-corrected chi connectivity index (χ0v) is 13.7. The van der Waals surface area contributed by atoms with Gasteiger partial charge in [-0.2, -0.15) is 4.98 Å². The van der Waals surface area contributed by atoms with Gasteiger partial charge >= 0.3 is 0 Å². The molecule has 1 aromatic heterocycles. The molecule has 0 amide bonds. The number of aliphatic hydroxyl groups excluding tert-OH is 1. The fourth-order valence-corrected chi connectivity index (χ4v) is 2.40. The van der Waals surface area contributed by atoms with Gasteiger partial charge in [0, 0.05) is 18.5 Å². The molecule has 2 aromatic rings. The number of hydrogen-bond donors (Lipinski definition) is 3. The van der Waals surface area contributed by atoms with E-state index in [2.05, 4.69) is 20.6 Å². The van der Waals surface area contributed by atoms with Crippen LogP contribution in [0.5, 0.6) is 5.75 Å². The Morgan fingerprint density at radius 2 is 2.16 bits per heavy atom. The molecule has 9 nitrogen and oxygen atoms in total. The zero-order valence-electron chi connectivity index (χ0n) is 13.7. The van der Waals surface area contributed by atoms with E-state index in [1.54, 1.807) is 18.2 Å². The van der Waals surface area contributed by atoms with Crippen LogP contribution in [0.3, 0.4) is 0 Å². The standard InChI is InChI=1S/C16H19N5O4/c1-25-11-4-5-12(14(8-11)21(23)24)18-15-9-13(10-2-3-10)19-16(20-15)17-6-7-22/h4-5,8-10,22H,2-3,6-7H2,1H3,(H2,17,18,19,20). The van der Waals surface area contributed by atoms with Crippen LogP contribution in [0.25, 0.3) is 0 Å². The number of rotatable bonds is 8. The smallest absolute Gasteiger partial charge is 0.296 e. The summed E-state index contributed by atoms with van der Waals surface area (Å²) in [5.41, 5.74) is 1.10. The zero-order chi connectivity index (χ0) is 17.8. The number of methoxy groups -OCH3 is 1. The van der Waals surface area contributed by atoms with Gasteiger partial charge in [-0.25, -0.2) is 4.98 Å². The summed E-state index contributed by atoms with van der Waals surface area (Å²) in [5, 5.41) is 26.2. The molecule has 0 atom stereocenters. The molecule has 132 valence electrons. The molecule has 1 saturated carbocycles. The van der Waals surface area contributed by atoms with Crippen molar-refractivity contribution in [3.8, 4) is 5.75 Å². The van der Waals surface area contributed by atoms with E-state index in [9.17, 15) is 10.1 Å². The molecule has 0 bridgehead atoms. The third-order valence-corrected chi connectivity index (χ3v) is 3.80. The number of hydrogen-bond acceptors (Lipinski definition) is 8. The molecule has 3 rings (SSSR count). The van der Waals surface area contributed by atoms with Crippen molar-refractivity contribution in [1.29, 1.82) is 0 Å². The lowest BCUT2D eigenvalue weighted by atomic mass is 10.2. The second kappa shape index (κ2) is 7.31. The first-order chi connectivity index (χ1) is 12.1. The van der Waals surface area contributed by atoms with Crippen LogP contribution in [0.2, 0.25) is 0 Å². The second-order valence-electron chi connectivity index (χ2n) is 5.69. The van der Waals surface area contributed by atoms with Crippen LogP contribution < -0.4 is 15.4 Å². The van der Waals surface area contributed by atoms with Gasteiger partial charge in [0.25, 0.3) is 5.69 Å². The molecule has 1 aliphatic carbocycles. The summed E-state index contributed by atoms with van der Waals surface area (Å²) < 4.78 is 5.04. The summed E-state index contributed by atoms with van der Waals surface area (Å²) in [4.78, 5) is 19.6. The summed E-state index contributed by atoms with van der Waals surface area (Å²) >= 11 is 0. The van der Waals surface area contributed by atoms with E-state index >= 15 is 0 Å². The van der Waals surface area contributed by atoms with Crippen molar-refractivity contribution in [3.05, 3.63) is 40.1 Å². The lowest BCUT2D eigenvalue weighted by Gasteiger charge is -2.11. The van der Waals surface area contributed by atoms with E-state index in [0.29, 0.717) is 35.7 Å². The summed E-state index contributed by atoms with van der Waals surface area (Å²) in [6.45, 7) is 0.292. The monoisotopic (exact) mass is 345 g/mol. The van der Waals surface area contributed by atoms with Gasteiger partial charge in [0.1, 0.15) is 17.3 Å². The number of benzene rings is 1. The fourth-order valence-electron chi connectivity index (χ4n) is 2.40. The quantitative estimate of drug-likeness (QED) is 0.492. The second-order valence-corrected chi connectivity index (χ2v) is 5.69. The fraction of sp³-hybridized carbons (Fsp3) is 0.375. The highest BCUT2D eigenvalue weighted by Crippen LogP contribution is 2.40. The minimum absolute atomic E-state index is 0.0380. The van der Waals surface area contributed by atoms with E-state index in [4.69, 9.17) is 9.84 Å². The van der Waals surface area contributed by atoms with E-state index in [0.717, 1.165) is 18.5 Å². The highest BCUT2D eigenvalue weighted by Gasteiger charge is 2.26. The van der Waals surface area contributed by atoms with Crippen molar-refractivity contribution in [3.63, 3.8) is 0 Å². The van der Waals surface area contributed by atoms with Crippen LogP contribution in [0.1, 0.15) is 24.5 Å². The molecule has 1 heterocycles. The van der Waals surface area contributed by atoms with Crippen molar-refractivity contribution < 1.29 is 14.8 Å². The predicted molar refractivity (Wildman–Crippen MR) is 92.5 cm³/mol. The molecule has 0 unspecified atom stereocenters. The largest absolute Gasteiger partial charge is 0.496 e. The highest BCUT2D eigenvalue weighted by atomic mass is 16.6. The average Bonchev–Trinajstić information content (AvgIpc) is 3.45. The molecular formula is C16H19N5O4. The first-order valence-corrected chi connectivity index (χ1v) is 7.94. The number of aromatic nitrogens is 2. The Morgan fingerprint density at radius 1 is 1.36 bits per heavy atom. The van der Waals surface area contributed by atoms with Crippen LogP contribution in [-0.4, -0.2) is 40.3 Å². The Kier molecular flexibility index (Phi) is 4.94. The molecule has 1 aromatic carbocycles. The summed E-state index contributed by atoms with van der Waals surface area (Å²) in [5.74, 6) is 1.65. The van der Waals surface area contributed by atoms with Gasteiger partial charge in [0.05, 0.1) is 30.4 Å². The number of anilines is 3. The molecular weight excluding hydrogens is 326 g/mol. The maximum Gasteiger partial charge on any atom is 0.296 e. The number of nitro groups is 1. The minimum atomic E-state index is -0.473. The van der Waals surface area contributed by atoms with Crippen molar-refractivity contribution in [2.45, 2.75) is 18.8 Å². The number of ether oxygens (including phenoxy) is 1. The Hall–Kier alpha value is -2.94. The Balaban J connectivity index is 1.91. The summed E-state index contributed by atoms with van der Waals surface area (Å²) in [6.07, 6.45) is 2.14. The molecule has 0 radical (unpaired) electrons. The van der Waals surface area contributed by atoms with Crippen LogP contribution >= 0.6 is 0 Å². The summed E-state index contributed by atoms with van der Waals surface area (Å²) in [7, 11) is 1.46.